The van der Waals surface area contributed by atoms with Gasteiger partial charge in [0.15, 0.2) is 0 Å². The van der Waals surface area contributed by atoms with Crippen LogP contribution in [0.5, 0.6) is 5.75 Å². The first-order valence-electron chi connectivity index (χ1n) is 5.20. The van der Waals surface area contributed by atoms with Gasteiger partial charge < -0.3 is 10.5 Å². The largest absolute Gasteiger partial charge is 0.490 e. The van der Waals surface area contributed by atoms with Gasteiger partial charge in [-0.3, -0.25) is 0 Å². The molecule has 1 unspecified atom stereocenters. The summed E-state index contributed by atoms with van der Waals surface area (Å²) in [4.78, 5) is 0. The van der Waals surface area contributed by atoms with Gasteiger partial charge in [0.05, 0.1) is 0 Å². The summed E-state index contributed by atoms with van der Waals surface area (Å²) in [5.41, 5.74) is 9.50. The molecule has 76 valence electrons. The molecule has 0 amide bonds. The lowest BCUT2D eigenvalue weighted by Crippen LogP contribution is -2.06. The Bertz CT molecular complexity index is 346. The molecule has 0 bridgehead atoms. The minimum absolute atomic E-state index is 0.330. The van der Waals surface area contributed by atoms with Crippen LogP contribution in [0.25, 0.3) is 0 Å². The van der Waals surface area contributed by atoms with Gasteiger partial charge >= 0.3 is 0 Å². The molecule has 1 aromatic rings. The molecule has 0 saturated heterocycles. The van der Waals surface area contributed by atoms with Crippen molar-refractivity contribution >= 4 is 0 Å². The standard InChI is InChI=1S/C12H17NO/c1-8-7-11-4-3-10(5-6-13)9(2)12(11)14-8/h3-4,8H,5-7,13H2,1-2H3. The van der Waals surface area contributed by atoms with Crippen LogP contribution >= 0.6 is 0 Å². The Labute approximate surface area is 85.1 Å². The summed E-state index contributed by atoms with van der Waals surface area (Å²) in [6.45, 7) is 4.94. The van der Waals surface area contributed by atoms with E-state index in [-0.39, 0.29) is 0 Å². The number of hydrogen-bond donors (Lipinski definition) is 1. The van der Waals surface area contributed by atoms with Crippen molar-refractivity contribution in [3.8, 4) is 5.75 Å². The molecule has 0 aliphatic carbocycles. The van der Waals surface area contributed by atoms with Crippen LogP contribution in [-0.4, -0.2) is 12.6 Å². The molecule has 2 nitrogen and oxygen atoms in total. The maximum Gasteiger partial charge on any atom is 0.126 e. The Morgan fingerprint density at radius 2 is 2.29 bits per heavy atom. The van der Waals surface area contributed by atoms with Gasteiger partial charge in [-0.15, -0.1) is 0 Å². The van der Waals surface area contributed by atoms with Crippen LogP contribution in [0, 0.1) is 6.92 Å². The van der Waals surface area contributed by atoms with Crippen LogP contribution in [-0.2, 0) is 12.8 Å². The average molecular weight is 191 g/mol. The fourth-order valence-electron chi connectivity index (χ4n) is 2.09. The highest BCUT2D eigenvalue weighted by Gasteiger charge is 2.21. The summed E-state index contributed by atoms with van der Waals surface area (Å²) in [6, 6.07) is 4.36. The van der Waals surface area contributed by atoms with Gasteiger partial charge in [0.25, 0.3) is 0 Å². The smallest absolute Gasteiger partial charge is 0.126 e. The van der Waals surface area contributed by atoms with Crippen LogP contribution in [0.3, 0.4) is 0 Å². The fourth-order valence-corrected chi connectivity index (χ4v) is 2.09. The summed E-state index contributed by atoms with van der Waals surface area (Å²) in [7, 11) is 0. The summed E-state index contributed by atoms with van der Waals surface area (Å²) >= 11 is 0. The van der Waals surface area contributed by atoms with Gasteiger partial charge in [-0.05, 0) is 43.5 Å². The van der Waals surface area contributed by atoms with E-state index in [1.807, 2.05) is 0 Å². The molecule has 0 aromatic heterocycles. The van der Waals surface area contributed by atoms with Crippen LogP contribution in [0.1, 0.15) is 23.6 Å². The van der Waals surface area contributed by atoms with E-state index >= 15 is 0 Å². The van der Waals surface area contributed by atoms with Gasteiger partial charge in [-0.1, -0.05) is 12.1 Å². The molecule has 2 N–H and O–H groups in total. The second-order valence-corrected chi connectivity index (χ2v) is 4.01. The Kier molecular flexibility index (Phi) is 2.46. The van der Waals surface area contributed by atoms with Crippen molar-refractivity contribution in [2.75, 3.05) is 6.54 Å². The topological polar surface area (TPSA) is 35.2 Å². The lowest BCUT2D eigenvalue weighted by Gasteiger charge is -2.10. The van der Waals surface area contributed by atoms with Gasteiger partial charge in [0.1, 0.15) is 11.9 Å². The lowest BCUT2D eigenvalue weighted by molar-refractivity contribution is 0.253. The molecular formula is C12H17NO. The maximum absolute atomic E-state index is 5.78. The minimum atomic E-state index is 0.330. The molecule has 1 aliphatic heterocycles. The molecule has 0 fully saturated rings. The van der Waals surface area contributed by atoms with Gasteiger partial charge in [-0.2, -0.15) is 0 Å². The zero-order chi connectivity index (χ0) is 10.1. The first-order valence-corrected chi connectivity index (χ1v) is 5.20. The monoisotopic (exact) mass is 191 g/mol. The second kappa shape index (κ2) is 3.62. The Morgan fingerprint density at radius 3 is 3.00 bits per heavy atom. The molecule has 0 radical (unpaired) electrons. The molecule has 1 aliphatic rings. The SMILES string of the molecule is Cc1c(CCN)ccc2c1OC(C)C2. The number of benzene rings is 1. The quantitative estimate of drug-likeness (QED) is 0.774. The summed E-state index contributed by atoms with van der Waals surface area (Å²) < 4.78 is 5.78. The van der Waals surface area contributed by atoms with E-state index in [0.29, 0.717) is 12.6 Å². The van der Waals surface area contributed by atoms with E-state index in [9.17, 15) is 0 Å². The molecule has 2 heteroatoms. The van der Waals surface area contributed by atoms with Crippen molar-refractivity contribution in [1.29, 1.82) is 0 Å². The number of hydrogen-bond acceptors (Lipinski definition) is 2. The highest BCUT2D eigenvalue weighted by Crippen LogP contribution is 2.34. The zero-order valence-corrected chi connectivity index (χ0v) is 8.84. The van der Waals surface area contributed by atoms with E-state index < -0.39 is 0 Å². The summed E-state index contributed by atoms with van der Waals surface area (Å²) in [6.07, 6.45) is 2.31. The second-order valence-electron chi connectivity index (χ2n) is 4.01. The van der Waals surface area contributed by atoms with E-state index in [1.54, 1.807) is 0 Å². The molecular weight excluding hydrogens is 174 g/mol. The average Bonchev–Trinajstić information content (AvgIpc) is 2.52. The van der Waals surface area contributed by atoms with E-state index in [2.05, 4.69) is 26.0 Å². The molecule has 0 spiro atoms. The molecule has 1 atom stereocenters. The zero-order valence-electron chi connectivity index (χ0n) is 8.84. The number of ether oxygens (including phenoxy) is 1. The van der Waals surface area contributed by atoms with Crippen LogP contribution < -0.4 is 10.5 Å². The van der Waals surface area contributed by atoms with E-state index in [1.165, 1.54) is 16.7 Å². The van der Waals surface area contributed by atoms with E-state index in [0.717, 1.165) is 18.6 Å². The normalized spacial score (nSPS) is 19.2. The molecule has 2 rings (SSSR count). The van der Waals surface area contributed by atoms with Crippen molar-refractivity contribution in [3.05, 3.63) is 28.8 Å². The van der Waals surface area contributed by atoms with Gasteiger partial charge in [0, 0.05) is 6.42 Å². The van der Waals surface area contributed by atoms with Crippen LogP contribution in [0.2, 0.25) is 0 Å². The predicted octanol–water partition coefficient (Wildman–Crippen LogP) is 1.82. The Hall–Kier alpha value is -1.02. The van der Waals surface area contributed by atoms with Gasteiger partial charge in [-0.25, -0.2) is 0 Å². The Balaban J connectivity index is 2.38. The Morgan fingerprint density at radius 1 is 1.50 bits per heavy atom. The third-order valence-electron chi connectivity index (χ3n) is 2.84. The maximum atomic E-state index is 5.78. The highest BCUT2D eigenvalue weighted by molar-refractivity contribution is 5.48. The molecule has 1 aromatic carbocycles. The number of fused-ring (bicyclic) bond motifs is 1. The third-order valence-corrected chi connectivity index (χ3v) is 2.84. The molecule has 14 heavy (non-hydrogen) atoms. The number of rotatable bonds is 2. The van der Waals surface area contributed by atoms with Crippen molar-refractivity contribution in [2.24, 2.45) is 5.73 Å². The van der Waals surface area contributed by atoms with Crippen molar-refractivity contribution in [3.63, 3.8) is 0 Å². The summed E-state index contributed by atoms with van der Waals surface area (Å²) in [5.74, 6) is 1.10. The van der Waals surface area contributed by atoms with Gasteiger partial charge in [0.2, 0.25) is 0 Å². The van der Waals surface area contributed by atoms with Crippen molar-refractivity contribution in [1.82, 2.24) is 0 Å². The fraction of sp³-hybridized carbons (Fsp3) is 0.500. The first kappa shape index (κ1) is 9.53. The van der Waals surface area contributed by atoms with Crippen molar-refractivity contribution < 1.29 is 4.74 Å². The molecule has 0 saturated carbocycles. The lowest BCUT2D eigenvalue weighted by atomic mass is 10.0. The minimum Gasteiger partial charge on any atom is -0.490 e. The first-order chi connectivity index (χ1) is 6.72. The predicted molar refractivity (Wildman–Crippen MR) is 57.7 cm³/mol. The third kappa shape index (κ3) is 1.50. The summed E-state index contributed by atoms with van der Waals surface area (Å²) in [5, 5.41) is 0. The highest BCUT2D eigenvalue weighted by atomic mass is 16.5. The van der Waals surface area contributed by atoms with Crippen LogP contribution in [0.15, 0.2) is 12.1 Å². The van der Waals surface area contributed by atoms with Crippen LogP contribution in [0.4, 0.5) is 0 Å². The number of nitrogens with two attached hydrogens (primary N) is 1. The van der Waals surface area contributed by atoms with E-state index in [4.69, 9.17) is 10.5 Å². The van der Waals surface area contributed by atoms with Crippen molar-refractivity contribution in [2.45, 2.75) is 32.8 Å². The molecule has 1 heterocycles.